The minimum absolute atomic E-state index is 0.0298. The monoisotopic (exact) mass is 274 g/mol. The molecule has 0 amide bonds. The summed E-state index contributed by atoms with van der Waals surface area (Å²) >= 11 is 0. The van der Waals surface area contributed by atoms with E-state index in [0.29, 0.717) is 6.61 Å². The van der Waals surface area contributed by atoms with E-state index in [0.717, 1.165) is 18.7 Å². The minimum Gasteiger partial charge on any atom is -0.491 e. The number of hydrogen-bond donors (Lipinski definition) is 1. The van der Waals surface area contributed by atoms with E-state index in [4.69, 9.17) is 10.00 Å². The molecule has 1 rings (SSSR count). The van der Waals surface area contributed by atoms with E-state index in [2.05, 4.69) is 64.2 Å². The molecule has 20 heavy (non-hydrogen) atoms. The second-order valence-electron chi connectivity index (χ2n) is 6.20. The summed E-state index contributed by atoms with van der Waals surface area (Å²) in [6, 6.07) is 8.25. The fourth-order valence-electron chi connectivity index (χ4n) is 2.00. The van der Waals surface area contributed by atoms with Crippen LogP contribution in [0.5, 0.6) is 5.75 Å². The van der Waals surface area contributed by atoms with Crippen LogP contribution in [0.3, 0.4) is 0 Å². The predicted octanol–water partition coefficient (Wildman–Crippen LogP) is 3.56. The first kappa shape index (κ1) is 16.5. The number of ether oxygens (including phenoxy) is 1. The van der Waals surface area contributed by atoms with E-state index in [1.54, 1.807) is 0 Å². The van der Waals surface area contributed by atoms with Gasteiger partial charge in [-0.2, -0.15) is 5.26 Å². The lowest BCUT2D eigenvalue weighted by atomic mass is 9.86. The van der Waals surface area contributed by atoms with E-state index in [1.165, 1.54) is 11.1 Å². The van der Waals surface area contributed by atoms with Gasteiger partial charge in [0.15, 0.2) is 0 Å². The highest BCUT2D eigenvalue weighted by atomic mass is 16.5. The van der Waals surface area contributed by atoms with Gasteiger partial charge in [-0.3, -0.25) is 5.32 Å². The molecule has 0 saturated carbocycles. The zero-order chi connectivity index (χ0) is 15.2. The van der Waals surface area contributed by atoms with Crippen LogP contribution in [0, 0.1) is 18.3 Å². The van der Waals surface area contributed by atoms with Gasteiger partial charge in [-0.1, -0.05) is 39.8 Å². The summed E-state index contributed by atoms with van der Waals surface area (Å²) in [5.74, 6) is 0.885. The SMILES string of the molecule is CCCNC(C#N)COc1cc(C)ccc1C(C)(C)C. The maximum atomic E-state index is 9.12. The molecule has 3 heteroatoms. The molecular weight excluding hydrogens is 248 g/mol. The lowest BCUT2D eigenvalue weighted by molar-refractivity contribution is 0.282. The summed E-state index contributed by atoms with van der Waals surface area (Å²) in [7, 11) is 0. The van der Waals surface area contributed by atoms with Crippen molar-refractivity contribution in [1.82, 2.24) is 5.32 Å². The number of rotatable bonds is 6. The van der Waals surface area contributed by atoms with E-state index in [1.807, 2.05) is 0 Å². The Kier molecular flexibility index (Phi) is 6.04. The topological polar surface area (TPSA) is 45.0 Å². The number of nitrogens with one attached hydrogen (secondary N) is 1. The van der Waals surface area contributed by atoms with Crippen LogP contribution in [-0.2, 0) is 5.41 Å². The number of nitrogens with zero attached hydrogens (tertiary/aromatic N) is 1. The third-order valence-corrected chi connectivity index (χ3v) is 3.15. The number of hydrogen-bond acceptors (Lipinski definition) is 3. The molecule has 110 valence electrons. The van der Waals surface area contributed by atoms with Gasteiger partial charge in [-0.15, -0.1) is 0 Å². The van der Waals surface area contributed by atoms with Crippen molar-refractivity contribution in [2.24, 2.45) is 0 Å². The second-order valence-corrected chi connectivity index (χ2v) is 6.20. The molecule has 0 bridgehead atoms. The number of benzene rings is 1. The fourth-order valence-corrected chi connectivity index (χ4v) is 2.00. The van der Waals surface area contributed by atoms with E-state index in [9.17, 15) is 0 Å². The smallest absolute Gasteiger partial charge is 0.130 e. The molecule has 0 fully saturated rings. The van der Waals surface area contributed by atoms with Gasteiger partial charge in [-0.25, -0.2) is 0 Å². The molecule has 1 N–H and O–H groups in total. The molecule has 0 saturated heterocycles. The van der Waals surface area contributed by atoms with Crippen LogP contribution >= 0.6 is 0 Å². The van der Waals surface area contributed by atoms with Gasteiger partial charge in [0.1, 0.15) is 18.4 Å². The van der Waals surface area contributed by atoms with Gasteiger partial charge in [0.05, 0.1) is 6.07 Å². The van der Waals surface area contributed by atoms with E-state index >= 15 is 0 Å². The quantitative estimate of drug-likeness (QED) is 0.862. The summed E-state index contributed by atoms with van der Waals surface area (Å²) in [4.78, 5) is 0. The molecule has 0 aliphatic carbocycles. The van der Waals surface area contributed by atoms with Crippen LogP contribution in [0.4, 0.5) is 0 Å². The Morgan fingerprint density at radius 1 is 1.35 bits per heavy atom. The van der Waals surface area contributed by atoms with E-state index < -0.39 is 0 Å². The van der Waals surface area contributed by atoms with Crippen molar-refractivity contribution in [3.8, 4) is 11.8 Å². The Hall–Kier alpha value is -1.53. The molecule has 1 aromatic carbocycles. The van der Waals surface area contributed by atoms with Gasteiger partial charge in [0.2, 0.25) is 0 Å². The minimum atomic E-state index is -0.261. The maximum absolute atomic E-state index is 9.12. The third kappa shape index (κ3) is 4.86. The standard InChI is InChI=1S/C17H26N2O/c1-6-9-19-14(11-18)12-20-16-10-13(2)7-8-15(16)17(3,4)5/h7-8,10,14,19H,6,9,12H2,1-5H3. The molecule has 3 nitrogen and oxygen atoms in total. The van der Waals surface area contributed by atoms with Crippen LogP contribution in [0.2, 0.25) is 0 Å². The van der Waals surface area contributed by atoms with Crippen LogP contribution in [-0.4, -0.2) is 19.2 Å². The second kappa shape index (κ2) is 7.31. The van der Waals surface area contributed by atoms with Crippen molar-refractivity contribution in [1.29, 1.82) is 5.26 Å². The van der Waals surface area contributed by atoms with Crippen LogP contribution in [0.1, 0.15) is 45.2 Å². The van der Waals surface area contributed by atoms with Gasteiger partial charge < -0.3 is 4.74 Å². The molecular formula is C17H26N2O. The summed E-state index contributed by atoms with van der Waals surface area (Å²) in [6.45, 7) is 11.9. The van der Waals surface area contributed by atoms with Crippen molar-refractivity contribution in [2.75, 3.05) is 13.2 Å². The molecule has 0 radical (unpaired) electrons. The van der Waals surface area contributed by atoms with Crippen LogP contribution in [0.25, 0.3) is 0 Å². The predicted molar refractivity (Wildman–Crippen MR) is 83.1 cm³/mol. The first-order valence-corrected chi connectivity index (χ1v) is 7.25. The lowest BCUT2D eigenvalue weighted by Gasteiger charge is -2.24. The van der Waals surface area contributed by atoms with Crippen molar-refractivity contribution in [3.05, 3.63) is 29.3 Å². The first-order chi connectivity index (χ1) is 9.38. The average Bonchev–Trinajstić information content (AvgIpc) is 2.37. The van der Waals surface area contributed by atoms with Crippen molar-refractivity contribution in [3.63, 3.8) is 0 Å². The summed E-state index contributed by atoms with van der Waals surface area (Å²) in [5, 5.41) is 12.3. The molecule has 0 spiro atoms. The average molecular weight is 274 g/mol. The molecule has 0 aromatic heterocycles. The highest BCUT2D eigenvalue weighted by molar-refractivity contribution is 5.41. The van der Waals surface area contributed by atoms with Gasteiger partial charge in [0.25, 0.3) is 0 Å². The lowest BCUT2D eigenvalue weighted by Crippen LogP contribution is -2.34. The Labute approximate surface area is 123 Å². The van der Waals surface area contributed by atoms with Crippen molar-refractivity contribution in [2.45, 2.75) is 52.5 Å². The zero-order valence-electron chi connectivity index (χ0n) is 13.3. The largest absolute Gasteiger partial charge is 0.491 e. The molecule has 1 unspecified atom stereocenters. The zero-order valence-corrected chi connectivity index (χ0v) is 13.3. The molecule has 0 heterocycles. The highest BCUT2D eigenvalue weighted by Crippen LogP contribution is 2.32. The summed E-state index contributed by atoms with van der Waals surface area (Å²) in [5.41, 5.74) is 2.38. The fraction of sp³-hybridized carbons (Fsp3) is 0.588. The number of aryl methyl sites for hydroxylation is 1. The summed E-state index contributed by atoms with van der Waals surface area (Å²) < 4.78 is 5.91. The first-order valence-electron chi connectivity index (χ1n) is 7.25. The number of nitriles is 1. The van der Waals surface area contributed by atoms with Crippen molar-refractivity contribution >= 4 is 0 Å². The van der Waals surface area contributed by atoms with Gasteiger partial charge in [-0.05, 0) is 42.5 Å². The Morgan fingerprint density at radius 3 is 2.60 bits per heavy atom. The van der Waals surface area contributed by atoms with Gasteiger partial charge in [0, 0.05) is 0 Å². The molecule has 0 aliphatic heterocycles. The third-order valence-electron chi connectivity index (χ3n) is 3.15. The highest BCUT2D eigenvalue weighted by Gasteiger charge is 2.19. The van der Waals surface area contributed by atoms with Crippen LogP contribution < -0.4 is 10.1 Å². The van der Waals surface area contributed by atoms with Crippen LogP contribution in [0.15, 0.2) is 18.2 Å². The molecule has 0 aliphatic rings. The Morgan fingerprint density at radius 2 is 2.05 bits per heavy atom. The Balaban J connectivity index is 2.81. The molecule has 1 aromatic rings. The van der Waals surface area contributed by atoms with Crippen molar-refractivity contribution < 1.29 is 4.74 Å². The normalized spacial score (nSPS) is 12.8. The molecule has 1 atom stereocenters. The van der Waals surface area contributed by atoms with Gasteiger partial charge >= 0.3 is 0 Å². The summed E-state index contributed by atoms with van der Waals surface area (Å²) in [6.07, 6.45) is 1.01. The van der Waals surface area contributed by atoms with E-state index in [-0.39, 0.29) is 11.5 Å². The maximum Gasteiger partial charge on any atom is 0.130 e. The Bertz CT molecular complexity index is 469.